The Labute approximate surface area is 118 Å². The Morgan fingerprint density at radius 1 is 1.53 bits per heavy atom. The van der Waals surface area contributed by atoms with Crippen molar-refractivity contribution in [1.29, 1.82) is 0 Å². The monoisotopic (exact) mass is 282 g/mol. The maximum Gasteiger partial charge on any atom is 0.251 e. The van der Waals surface area contributed by atoms with E-state index in [9.17, 15) is 4.79 Å². The number of hydrazine groups is 1. The lowest BCUT2D eigenvalue weighted by Gasteiger charge is -2.11. The second kappa shape index (κ2) is 8.01. The van der Waals surface area contributed by atoms with Crippen molar-refractivity contribution in [2.24, 2.45) is 5.84 Å². The first-order valence-electron chi connectivity index (χ1n) is 6.39. The van der Waals surface area contributed by atoms with E-state index in [1.165, 1.54) is 0 Å². The summed E-state index contributed by atoms with van der Waals surface area (Å²) >= 11 is 1.72. The summed E-state index contributed by atoms with van der Waals surface area (Å²) in [4.78, 5) is 16.4. The van der Waals surface area contributed by atoms with E-state index in [-0.39, 0.29) is 5.91 Å². The molecule has 1 amide bonds. The Morgan fingerprint density at radius 2 is 2.26 bits per heavy atom. The van der Waals surface area contributed by atoms with Crippen LogP contribution in [0.2, 0.25) is 0 Å². The van der Waals surface area contributed by atoms with Crippen molar-refractivity contribution in [3.05, 3.63) is 23.4 Å². The summed E-state index contributed by atoms with van der Waals surface area (Å²) in [6.07, 6.45) is 3.83. The number of anilines is 1. The summed E-state index contributed by atoms with van der Waals surface area (Å²) in [5.41, 5.74) is 3.97. The minimum Gasteiger partial charge on any atom is -0.351 e. The quantitative estimate of drug-likeness (QED) is 0.525. The van der Waals surface area contributed by atoms with Crippen LogP contribution >= 0.6 is 11.8 Å². The summed E-state index contributed by atoms with van der Waals surface area (Å²) < 4.78 is 0. The number of nitrogens with one attached hydrogen (secondary N) is 2. The number of hydrogen-bond acceptors (Lipinski definition) is 5. The average Bonchev–Trinajstić information content (AvgIpc) is 2.44. The van der Waals surface area contributed by atoms with Gasteiger partial charge in [-0.15, -0.1) is 0 Å². The third-order valence-corrected chi connectivity index (χ3v) is 3.72. The average molecular weight is 282 g/mol. The van der Waals surface area contributed by atoms with Crippen LogP contribution in [0.15, 0.2) is 12.1 Å². The first kappa shape index (κ1) is 15.8. The molecule has 1 atom stereocenters. The van der Waals surface area contributed by atoms with Crippen LogP contribution in [0, 0.1) is 0 Å². The number of nitrogens with zero attached hydrogens (tertiary/aromatic N) is 1. The van der Waals surface area contributed by atoms with E-state index in [1.54, 1.807) is 17.8 Å². The van der Waals surface area contributed by atoms with Gasteiger partial charge in [0.05, 0.1) is 0 Å². The number of pyridine rings is 1. The Morgan fingerprint density at radius 3 is 2.84 bits per heavy atom. The first-order valence-corrected chi connectivity index (χ1v) is 7.68. The van der Waals surface area contributed by atoms with E-state index < -0.39 is 0 Å². The molecule has 0 radical (unpaired) electrons. The second-order valence-electron chi connectivity index (χ2n) is 4.38. The van der Waals surface area contributed by atoms with Crippen molar-refractivity contribution in [2.75, 3.05) is 18.2 Å². The smallest absolute Gasteiger partial charge is 0.251 e. The highest BCUT2D eigenvalue weighted by Crippen LogP contribution is 2.12. The van der Waals surface area contributed by atoms with Gasteiger partial charge in [-0.2, -0.15) is 11.8 Å². The number of rotatable bonds is 7. The zero-order valence-corrected chi connectivity index (χ0v) is 12.5. The van der Waals surface area contributed by atoms with Gasteiger partial charge in [-0.3, -0.25) is 4.79 Å². The van der Waals surface area contributed by atoms with Gasteiger partial charge in [0, 0.05) is 23.1 Å². The number of carbonyl (C=O) groups is 1. The van der Waals surface area contributed by atoms with Gasteiger partial charge in [0.25, 0.3) is 5.91 Å². The number of nitrogen functional groups attached to an aromatic ring is 1. The fourth-order valence-electron chi connectivity index (χ4n) is 1.60. The number of thioether (sulfide) groups is 1. The molecule has 0 aliphatic carbocycles. The molecular weight excluding hydrogens is 260 g/mol. The van der Waals surface area contributed by atoms with E-state index in [2.05, 4.69) is 29.6 Å². The molecular formula is C13H22N4OS. The van der Waals surface area contributed by atoms with Gasteiger partial charge in [-0.1, -0.05) is 20.3 Å². The highest BCUT2D eigenvalue weighted by atomic mass is 32.2. The van der Waals surface area contributed by atoms with Crippen molar-refractivity contribution in [3.8, 4) is 0 Å². The molecule has 5 nitrogen and oxygen atoms in total. The number of hydrogen-bond donors (Lipinski definition) is 3. The number of aromatic nitrogens is 1. The number of nitrogens with two attached hydrogens (primary N) is 1. The SMILES string of the molecule is CCCc1cc(C(=O)NCC(C)SC)cc(NN)n1. The predicted octanol–water partition coefficient (Wildman–Crippen LogP) is 1.80. The van der Waals surface area contributed by atoms with Crippen LogP contribution in [0.3, 0.4) is 0 Å². The highest BCUT2D eigenvalue weighted by Gasteiger charge is 2.10. The Bertz CT molecular complexity index is 425. The molecule has 0 aromatic carbocycles. The highest BCUT2D eigenvalue weighted by molar-refractivity contribution is 7.99. The number of amides is 1. The maximum atomic E-state index is 12.1. The van der Waals surface area contributed by atoms with Gasteiger partial charge in [-0.05, 0) is 24.8 Å². The third-order valence-electron chi connectivity index (χ3n) is 2.75. The molecule has 0 fully saturated rings. The number of aryl methyl sites for hydroxylation is 1. The van der Waals surface area contributed by atoms with Crippen LogP contribution in [-0.2, 0) is 6.42 Å². The number of carbonyl (C=O) groups excluding carboxylic acids is 1. The van der Waals surface area contributed by atoms with Gasteiger partial charge >= 0.3 is 0 Å². The van der Waals surface area contributed by atoms with Crippen molar-refractivity contribution >= 4 is 23.5 Å². The Hall–Kier alpha value is -1.27. The van der Waals surface area contributed by atoms with Gasteiger partial charge in [0.1, 0.15) is 5.82 Å². The molecule has 0 bridgehead atoms. The molecule has 6 heteroatoms. The van der Waals surface area contributed by atoms with Crippen LogP contribution < -0.4 is 16.6 Å². The lowest BCUT2D eigenvalue weighted by Crippen LogP contribution is -2.29. The molecule has 19 heavy (non-hydrogen) atoms. The first-order chi connectivity index (χ1) is 9.10. The summed E-state index contributed by atoms with van der Waals surface area (Å²) in [5, 5.41) is 3.31. The molecule has 1 unspecified atom stereocenters. The van der Waals surface area contributed by atoms with Crippen LogP contribution in [0.5, 0.6) is 0 Å². The van der Waals surface area contributed by atoms with E-state index in [1.807, 2.05) is 12.3 Å². The van der Waals surface area contributed by atoms with Crippen LogP contribution in [0.1, 0.15) is 36.3 Å². The maximum absolute atomic E-state index is 12.1. The van der Waals surface area contributed by atoms with Crippen molar-refractivity contribution in [1.82, 2.24) is 10.3 Å². The zero-order chi connectivity index (χ0) is 14.3. The summed E-state index contributed by atoms with van der Waals surface area (Å²) in [7, 11) is 0. The van der Waals surface area contributed by atoms with Crippen molar-refractivity contribution in [2.45, 2.75) is 31.9 Å². The van der Waals surface area contributed by atoms with Crippen LogP contribution in [-0.4, -0.2) is 28.9 Å². The summed E-state index contributed by atoms with van der Waals surface area (Å²) in [6, 6.07) is 3.49. The molecule has 0 saturated carbocycles. The largest absolute Gasteiger partial charge is 0.351 e. The molecule has 1 heterocycles. The normalized spacial score (nSPS) is 12.0. The minimum atomic E-state index is -0.0860. The molecule has 0 aliphatic heterocycles. The minimum absolute atomic E-state index is 0.0860. The Kier molecular flexibility index (Phi) is 6.66. The van der Waals surface area contributed by atoms with Gasteiger partial charge in [0.2, 0.25) is 0 Å². The summed E-state index contributed by atoms with van der Waals surface area (Å²) in [6.45, 7) is 4.80. The molecule has 106 valence electrons. The van der Waals surface area contributed by atoms with Crippen LogP contribution in [0.4, 0.5) is 5.82 Å². The predicted molar refractivity (Wildman–Crippen MR) is 81.4 cm³/mol. The molecule has 0 aliphatic rings. The lowest BCUT2D eigenvalue weighted by molar-refractivity contribution is 0.0954. The topological polar surface area (TPSA) is 80.0 Å². The van der Waals surface area contributed by atoms with Crippen LogP contribution in [0.25, 0.3) is 0 Å². The molecule has 1 aromatic rings. The van der Waals surface area contributed by atoms with E-state index >= 15 is 0 Å². The van der Waals surface area contributed by atoms with E-state index in [4.69, 9.17) is 5.84 Å². The molecule has 4 N–H and O–H groups in total. The molecule has 0 saturated heterocycles. The van der Waals surface area contributed by atoms with Crippen molar-refractivity contribution in [3.63, 3.8) is 0 Å². The fourth-order valence-corrected chi connectivity index (χ4v) is 1.85. The summed E-state index contributed by atoms with van der Waals surface area (Å²) in [5.74, 6) is 5.82. The van der Waals surface area contributed by atoms with E-state index in [0.29, 0.717) is 23.2 Å². The molecule has 1 rings (SSSR count). The standard InChI is InChI=1S/C13H22N4OS/c1-4-5-11-6-10(7-12(16-11)17-14)13(18)15-8-9(2)19-3/h6-7,9H,4-5,8,14H2,1-3H3,(H,15,18)(H,16,17). The Balaban J connectivity index is 2.80. The zero-order valence-electron chi connectivity index (χ0n) is 11.7. The lowest BCUT2D eigenvalue weighted by atomic mass is 10.1. The van der Waals surface area contributed by atoms with Crippen molar-refractivity contribution < 1.29 is 4.79 Å². The van der Waals surface area contributed by atoms with Gasteiger partial charge in [-0.25, -0.2) is 10.8 Å². The molecule has 0 spiro atoms. The fraction of sp³-hybridized carbons (Fsp3) is 0.538. The van der Waals surface area contributed by atoms with Gasteiger partial charge in [0.15, 0.2) is 0 Å². The van der Waals surface area contributed by atoms with Gasteiger partial charge < -0.3 is 10.7 Å². The van der Waals surface area contributed by atoms with E-state index in [0.717, 1.165) is 18.5 Å². The third kappa shape index (κ3) is 5.08. The second-order valence-corrected chi connectivity index (χ2v) is 5.66. The molecule has 1 aromatic heterocycles.